The number of hydrogen-bond acceptors (Lipinski definition) is 4. The molecule has 4 nitrogen and oxygen atoms in total. The van der Waals surface area contributed by atoms with E-state index in [1.807, 2.05) is 24.3 Å². The molecule has 3 N–H and O–H groups in total. The molecule has 0 amide bonds. The fourth-order valence-electron chi connectivity index (χ4n) is 2.95. The van der Waals surface area contributed by atoms with Crippen LogP contribution in [-0.2, 0) is 0 Å². The minimum Gasteiger partial charge on any atom is -0.399 e. The molecule has 1 aliphatic rings. The van der Waals surface area contributed by atoms with Gasteiger partial charge in [0, 0.05) is 30.2 Å². The van der Waals surface area contributed by atoms with Crippen LogP contribution >= 0.6 is 0 Å². The van der Waals surface area contributed by atoms with Crippen LogP contribution in [0.1, 0.15) is 32.1 Å². The first kappa shape index (κ1) is 13.9. The van der Waals surface area contributed by atoms with E-state index in [9.17, 15) is 0 Å². The van der Waals surface area contributed by atoms with Crippen molar-refractivity contribution in [2.75, 3.05) is 17.6 Å². The van der Waals surface area contributed by atoms with Crippen LogP contribution in [0, 0.1) is 5.92 Å². The molecule has 0 spiro atoms. The summed E-state index contributed by atoms with van der Waals surface area (Å²) >= 11 is 0. The lowest BCUT2D eigenvalue weighted by Crippen LogP contribution is -2.18. The molecule has 0 unspecified atom stereocenters. The van der Waals surface area contributed by atoms with Crippen LogP contribution < -0.4 is 11.1 Å². The smallest absolute Gasteiger partial charge is 0.152 e. The highest BCUT2D eigenvalue weighted by Gasteiger charge is 2.14. The van der Waals surface area contributed by atoms with Gasteiger partial charge in [-0.3, -0.25) is 4.98 Å². The predicted octanol–water partition coefficient (Wildman–Crippen LogP) is 3.72. The summed E-state index contributed by atoms with van der Waals surface area (Å²) in [4.78, 5) is 8.93. The number of aromatic nitrogens is 2. The van der Waals surface area contributed by atoms with Crippen molar-refractivity contribution in [1.82, 2.24) is 9.97 Å². The van der Waals surface area contributed by atoms with Crippen molar-refractivity contribution >= 4 is 11.5 Å². The average Bonchev–Trinajstić information content (AvgIpc) is 2.55. The van der Waals surface area contributed by atoms with Crippen molar-refractivity contribution in [2.45, 2.75) is 32.1 Å². The van der Waals surface area contributed by atoms with Crippen LogP contribution in [0.5, 0.6) is 0 Å². The van der Waals surface area contributed by atoms with E-state index in [1.54, 1.807) is 12.4 Å². The van der Waals surface area contributed by atoms with Gasteiger partial charge in [0.15, 0.2) is 5.82 Å². The maximum atomic E-state index is 5.75. The van der Waals surface area contributed by atoms with Crippen LogP contribution in [-0.4, -0.2) is 16.5 Å². The molecule has 1 aromatic carbocycles. The van der Waals surface area contributed by atoms with E-state index in [2.05, 4.69) is 15.3 Å². The zero-order valence-electron chi connectivity index (χ0n) is 12.3. The van der Waals surface area contributed by atoms with Crippen LogP contribution in [0.25, 0.3) is 11.3 Å². The van der Waals surface area contributed by atoms with Gasteiger partial charge in [-0.25, -0.2) is 4.98 Å². The SMILES string of the molecule is Nc1ccc(-c2nccnc2NCC2CCCCC2)cc1. The third-order valence-corrected chi connectivity index (χ3v) is 4.17. The van der Waals surface area contributed by atoms with Gasteiger partial charge in [-0.1, -0.05) is 31.4 Å². The highest BCUT2D eigenvalue weighted by molar-refractivity contribution is 5.72. The Morgan fingerprint density at radius 3 is 2.48 bits per heavy atom. The van der Waals surface area contributed by atoms with Gasteiger partial charge in [0.05, 0.1) is 0 Å². The number of nitrogens with one attached hydrogen (secondary N) is 1. The topological polar surface area (TPSA) is 63.8 Å². The summed E-state index contributed by atoms with van der Waals surface area (Å²) in [6.45, 7) is 0.987. The first-order valence-electron chi connectivity index (χ1n) is 7.74. The molecule has 110 valence electrons. The Hall–Kier alpha value is -2.10. The van der Waals surface area contributed by atoms with Crippen LogP contribution in [0.4, 0.5) is 11.5 Å². The van der Waals surface area contributed by atoms with Crippen LogP contribution in [0.15, 0.2) is 36.7 Å². The molecule has 0 aliphatic heterocycles. The van der Waals surface area contributed by atoms with Gasteiger partial charge in [-0.05, 0) is 30.9 Å². The number of hydrogen-bond donors (Lipinski definition) is 2. The Labute approximate surface area is 125 Å². The van der Waals surface area contributed by atoms with Gasteiger partial charge in [0.2, 0.25) is 0 Å². The molecular formula is C17H22N4. The van der Waals surface area contributed by atoms with Crippen molar-refractivity contribution in [3.63, 3.8) is 0 Å². The fraction of sp³-hybridized carbons (Fsp3) is 0.412. The van der Waals surface area contributed by atoms with E-state index >= 15 is 0 Å². The number of anilines is 2. The molecule has 1 heterocycles. The molecule has 3 rings (SSSR count). The number of rotatable bonds is 4. The summed E-state index contributed by atoms with van der Waals surface area (Å²) in [5.41, 5.74) is 8.45. The quantitative estimate of drug-likeness (QED) is 0.839. The zero-order valence-corrected chi connectivity index (χ0v) is 12.3. The summed E-state index contributed by atoms with van der Waals surface area (Å²) in [6, 6.07) is 7.78. The number of nitrogens with two attached hydrogens (primary N) is 1. The maximum Gasteiger partial charge on any atom is 0.152 e. The second-order valence-corrected chi connectivity index (χ2v) is 5.76. The number of nitrogens with zero attached hydrogens (tertiary/aromatic N) is 2. The molecule has 0 saturated heterocycles. The number of benzene rings is 1. The first-order chi connectivity index (χ1) is 10.3. The van der Waals surface area contributed by atoms with Gasteiger partial charge < -0.3 is 11.1 Å². The third kappa shape index (κ3) is 3.51. The fourth-order valence-corrected chi connectivity index (χ4v) is 2.95. The summed E-state index contributed by atoms with van der Waals surface area (Å²) < 4.78 is 0. The summed E-state index contributed by atoms with van der Waals surface area (Å²) in [6.07, 6.45) is 10.2. The molecule has 1 saturated carbocycles. The molecule has 0 bridgehead atoms. The van der Waals surface area contributed by atoms with Crippen molar-refractivity contribution in [1.29, 1.82) is 0 Å². The normalized spacial score (nSPS) is 15.8. The zero-order chi connectivity index (χ0) is 14.5. The van der Waals surface area contributed by atoms with E-state index in [0.717, 1.165) is 35.2 Å². The van der Waals surface area contributed by atoms with Crippen molar-refractivity contribution in [3.8, 4) is 11.3 Å². The average molecular weight is 282 g/mol. The molecular weight excluding hydrogens is 260 g/mol. The summed E-state index contributed by atoms with van der Waals surface area (Å²) in [5.74, 6) is 1.63. The van der Waals surface area contributed by atoms with Gasteiger partial charge in [0.1, 0.15) is 5.69 Å². The monoisotopic (exact) mass is 282 g/mol. The Morgan fingerprint density at radius 1 is 1.00 bits per heavy atom. The maximum absolute atomic E-state index is 5.75. The van der Waals surface area contributed by atoms with Crippen LogP contribution in [0.3, 0.4) is 0 Å². The molecule has 1 aromatic heterocycles. The van der Waals surface area contributed by atoms with E-state index in [1.165, 1.54) is 32.1 Å². The Kier molecular flexibility index (Phi) is 4.34. The Morgan fingerprint density at radius 2 is 1.71 bits per heavy atom. The van der Waals surface area contributed by atoms with E-state index in [0.29, 0.717) is 0 Å². The van der Waals surface area contributed by atoms with E-state index in [-0.39, 0.29) is 0 Å². The Bertz CT molecular complexity index is 574. The van der Waals surface area contributed by atoms with E-state index < -0.39 is 0 Å². The first-order valence-corrected chi connectivity index (χ1v) is 7.74. The molecule has 0 radical (unpaired) electrons. The standard InChI is InChI=1S/C17H22N4/c18-15-8-6-14(7-9-15)16-17(20-11-10-19-16)21-12-13-4-2-1-3-5-13/h6-11,13H,1-5,12,18H2,(H,20,21). The minimum absolute atomic E-state index is 0.763. The highest BCUT2D eigenvalue weighted by Crippen LogP contribution is 2.27. The molecule has 1 aliphatic carbocycles. The lowest BCUT2D eigenvalue weighted by molar-refractivity contribution is 0.373. The molecule has 1 fully saturated rings. The largest absolute Gasteiger partial charge is 0.399 e. The van der Waals surface area contributed by atoms with E-state index in [4.69, 9.17) is 5.73 Å². The van der Waals surface area contributed by atoms with Gasteiger partial charge in [-0.15, -0.1) is 0 Å². The van der Waals surface area contributed by atoms with Gasteiger partial charge in [0.25, 0.3) is 0 Å². The second kappa shape index (κ2) is 6.57. The molecule has 0 atom stereocenters. The molecule has 2 aromatic rings. The molecule has 21 heavy (non-hydrogen) atoms. The second-order valence-electron chi connectivity index (χ2n) is 5.76. The van der Waals surface area contributed by atoms with Crippen LogP contribution in [0.2, 0.25) is 0 Å². The predicted molar refractivity (Wildman–Crippen MR) is 86.9 cm³/mol. The van der Waals surface area contributed by atoms with Gasteiger partial charge >= 0.3 is 0 Å². The molecule has 4 heteroatoms. The lowest BCUT2D eigenvalue weighted by atomic mass is 9.89. The lowest BCUT2D eigenvalue weighted by Gasteiger charge is -2.22. The summed E-state index contributed by atoms with van der Waals surface area (Å²) in [5, 5.41) is 3.49. The number of nitrogen functional groups attached to an aromatic ring is 1. The minimum atomic E-state index is 0.763. The third-order valence-electron chi connectivity index (χ3n) is 4.17. The highest BCUT2D eigenvalue weighted by atomic mass is 15.0. The van der Waals surface area contributed by atoms with Crippen molar-refractivity contribution in [2.24, 2.45) is 5.92 Å². The summed E-state index contributed by atoms with van der Waals surface area (Å²) in [7, 11) is 0. The van der Waals surface area contributed by atoms with Gasteiger partial charge in [-0.2, -0.15) is 0 Å². The van der Waals surface area contributed by atoms with Crippen molar-refractivity contribution in [3.05, 3.63) is 36.7 Å². The Balaban J connectivity index is 1.74. The van der Waals surface area contributed by atoms with Crippen molar-refractivity contribution < 1.29 is 0 Å².